The Labute approximate surface area is 132 Å². The molecular formula is C16H11ClFNO2S. The van der Waals surface area contributed by atoms with Gasteiger partial charge in [-0.25, -0.2) is 12.8 Å². The third kappa shape index (κ3) is 2.91. The number of anilines is 1. The largest absolute Gasteiger partial charge is 0.280 e. The minimum Gasteiger partial charge on any atom is -0.280 e. The number of nitrogens with one attached hydrogen (secondary N) is 1. The molecule has 22 heavy (non-hydrogen) atoms. The second-order valence-electron chi connectivity index (χ2n) is 4.74. The number of sulfonamides is 1. The van der Waals surface area contributed by atoms with E-state index in [9.17, 15) is 12.8 Å². The highest BCUT2D eigenvalue weighted by atomic mass is 35.5. The van der Waals surface area contributed by atoms with Crippen molar-refractivity contribution in [1.29, 1.82) is 0 Å². The number of benzene rings is 3. The maximum Gasteiger partial charge on any atom is 0.261 e. The van der Waals surface area contributed by atoms with Crippen LogP contribution in [-0.2, 0) is 10.0 Å². The van der Waals surface area contributed by atoms with Gasteiger partial charge in [0, 0.05) is 5.69 Å². The molecular weight excluding hydrogens is 325 g/mol. The van der Waals surface area contributed by atoms with Gasteiger partial charge >= 0.3 is 0 Å². The number of hydrogen-bond acceptors (Lipinski definition) is 2. The number of rotatable bonds is 3. The van der Waals surface area contributed by atoms with Crippen LogP contribution in [-0.4, -0.2) is 8.42 Å². The number of halogens is 2. The Hall–Kier alpha value is -2.11. The minimum absolute atomic E-state index is 0.0907. The Morgan fingerprint density at radius 1 is 0.909 bits per heavy atom. The van der Waals surface area contributed by atoms with E-state index < -0.39 is 15.8 Å². The third-order valence-electron chi connectivity index (χ3n) is 3.20. The van der Waals surface area contributed by atoms with E-state index in [1.807, 2.05) is 30.3 Å². The lowest BCUT2D eigenvalue weighted by molar-refractivity contribution is 0.599. The van der Waals surface area contributed by atoms with Gasteiger partial charge in [0.2, 0.25) is 0 Å². The summed E-state index contributed by atoms with van der Waals surface area (Å²) in [6.07, 6.45) is 0. The van der Waals surface area contributed by atoms with Gasteiger partial charge in [-0.05, 0) is 41.1 Å². The van der Waals surface area contributed by atoms with Crippen LogP contribution >= 0.6 is 11.6 Å². The van der Waals surface area contributed by atoms with Crippen LogP contribution in [0.25, 0.3) is 10.8 Å². The average Bonchev–Trinajstić information content (AvgIpc) is 2.49. The highest BCUT2D eigenvalue weighted by Gasteiger charge is 2.16. The summed E-state index contributed by atoms with van der Waals surface area (Å²) >= 11 is 5.63. The molecule has 0 aromatic heterocycles. The van der Waals surface area contributed by atoms with E-state index in [2.05, 4.69) is 4.72 Å². The van der Waals surface area contributed by atoms with Crippen molar-refractivity contribution < 1.29 is 12.8 Å². The zero-order valence-electron chi connectivity index (χ0n) is 11.3. The van der Waals surface area contributed by atoms with Crippen LogP contribution in [0.2, 0.25) is 5.02 Å². The standard InChI is InChI=1S/C16H11ClFNO2S/c17-15-10-14(7-8-16(15)18)22(20,21)19-13-6-5-11-3-1-2-4-12(11)9-13/h1-10,19H. The van der Waals surface area contributed by atoms with Crippen LogP contribution in [0, 0.1) is 5.82 Å². The van der Waals surface area contributed by atoms with Gasteiger partial charge in [-0.3, -0.25) is 4.72 Å². The summed E-state index contributed by atoms with van der Waals surface area (Å²) in [5.74, 6) is -0.661. The van der Waals surface area contributed by atoms with Gasteiger partial charge in [-0.1, -0.05) is 41.9 Å². The molecule has 0 amide bonds. The van der Waals surface area contributed by atoms with Gasteiger partial charge in [0.25, 0.3) is 10.0 Å². The molecule has 0 aliphatic carbocycles. The molecule has 1 N–H and O–H groups in total. The Morgan fingerprint density at radius 3 is 2.36 bits per heavy atom. The third-order valence-corrected chi connectivity index (χ3v) is 4.87. The van der Waals surface area contributed by atoms with Crippen molar-refractivity contribution in [2.24, 2.45) is 0 Å². The lowest BCUT2D eigenvalue weighted by Crippen LogP contribution is -2.13. The molecule has 0 saturated heterocycles. The molecule has 0 radical (unpaired) electrons. The average molecular weight is 336 g/mol. The highest BCUT2D eigenvalue weighted by Crippen LogP contribution is 2.24. The summed E-state index contributed by atoms with van der Waals surface area (Å²) in [5.41, 5.74) is 0.430. The minimum atomic E-state index is -3.82. The Kier molecular flexibility index (Phi) is 3.76. The van der Waals surface area contributed by atoms with Crippen molar-refractivity contribution in [3.8, 4) is 0 Å². The maximum atomic E-state index is 13.1. The SMILES string of the molecule is O=S(=O)(Nc1ccc2ccccc2c1)c1ccc(F)c(Cl)c1. The van der Waals surface area contributed by atoms with E-state index >= 15 is 0 Å². The fourth-order valence-electron chi connectivity index (χ4n) is 2.11. The zero-order chi connectivity index (χ0) is 15.7. The molecule has 6 heteroatoms. The summed E-state index contributed by atoms with van der Waals surface area (Å²) in [6.45, 7) is 0. The molecule has 0 saturated carbocycles. The molecule has 0 aliphatic heterocycles. The first-order valence-electron chi connectivity index (χ1n) is 6.42. The first kappa shape index (κ1) is 14.8. The Balaban J connectivity index is 1.97. The summed E-state index contributed by atoms with van der Waals surface area (Å²) in [5, 5.41) is 1.69. The molecule has 0 fully saturated rings. The fourth-order valence-corrected chi connectivity index (χ4v) is 3.43. The van der Waals surface area contributed by atoms with Crippen molar-refractivity contribution >= 4 is 38.1 Å². The molecule has 3 nitrogen and oxygen atoms in total. The predicted molar refractivity (Wildman–Crippen MR) is 86.2 cm³/mol. The molecule has 3 aromatic rings. The second-order valence-corrected chi connectivity index (χ2v) is 6.83. The van der Waals surface area contributed by atoms with Gasteiger partial charge in [-0.15, -0.1) is 0 Å². The molecule has 3 rings (SSSR count). The van der Waals surface area contributed by atoms with E-state index in [1.165, 1.54) is 6.07 Å². The first-order chi connectivity index (χ1) is 10.5. The van der Waals surface area contributed by atoms with Crippen molar-refractivity contribution in [2.75, 3.05) is 4.72 Å². The van der Waals surface area contributed by atoms with Gasteiger partial charge < -0.3 is 0 Å². The summed E-state index contributed by atoms with van der Waals surface area (Å²) < 4.78 is 40.2. The van der Waals surface area contributed by atoms with Gasteiger partial charge in [0.05, 0.1) is 9.92 Å². The number of fused-ring (bicyclic) bond motifs is 1. The van der Waals surface area contributed by atoms with Crippen LogP contribution in [0.4, 0.5) is 10.1 Å². The Morgan fingerprint density at radius 2 is 1.64 bits per heavy atom. The van der Waals surface area contributed by atoms with Gasteiger partial charge in [0.1, 0.15) is 5.82 Å². The van der Waals surface area contributed by atoms with Crippen LogP contribution < -0.4 is 4.72 Å². The fraction of sp³-hybridized carbons (Fsp3) is 0. The van der Waals surface area contributed by atoms with Crippen molar-refractivity contribution in [2.45, 2.75) is 4.90 Å². The highest BCUT2D eigenvalue weighted by molar-refractivity contribution is 7.92. The van der Waals surface area contributed by atoms with E-state index in [1.54, 1.807) is 12.1 Å². The maximum absolute atomic E-state index is 13.1. The molecule has 0 spiro atoms. The predicted octanol–water partition coefficient (Wildman–Crippen LogP) is 4.43. The summed E-state index contributed by atoms with van der Waals surface area (Å²) in [7, 11) is -3.82. The van der Waals surface area contributed by atoms with E-state index in [0.717, 1.165) is 22.9 Å². The second kappa shape index (κ2) is 5.59. The zero-order valence-corrected chi connectivity index (χ0v) is 12.8. The quantitative estimate of drug-likeness (QED) is 0.769. The molecule has 3 aromatic carbocycles. The van der Waals surface area contributed by atoms with Crippen LogP contribution in [0.5, 0.6) is 0 Å². The van der Waals surface area contributed by atoms with Crippen molar-refractivity contribution in [1.82, 2.24) is 0 Å². The van der Waals surface area contributed by atoms with Gasteiger partial charge in [-0.2, -0.15) is 0 Å². The molecule has 0 atom stereocenters. The first-order valence-corrected chi connectivity index (χ1v) is 8.28. The van der Waals surface area contributed by atoms with E-state index in [0.29, 0.717) is 5.69 Å². The van der Waals surface area contributed by atoms with E-state index in [4.69, 9.17) is 11.6 Å². The van der Waals surface area contributed by atoms with Crippen LogP contribution in [0.3, 0.4) is 0 Å². The normalized spacial score (nSPS) is 11.5. The van der Waals surface area contributed by atoms with Crippen molar-refractivity contribution in [3.05, 3.63) is 71.5 Å². The van der Waals surface area contributed by atoms with Crippen molar-refractivity contribution in [3.63, 3.8) is 0 Å². The lowest BCUT2D eigenvalue weighted by Gasteiger charge is -2.09. The molecule has 112 valence electrons. The monoisotopic (exact) mass is 335 g/mol. The molecule has 0 unspecified atom stereocenters. The molecule has 0 heterocycles. The molecule has 0 aliphatic rings. The molecule has 0 bridgehead atoms. The topological polar surface area (TPSA) is 46.2 Å². The summed E-state index contributed by atoms with van der Waals surface area (Å²) in [6, 6.07) is 16.1. The Bertz CT molecular complexity index is 957. The summed E-state index contributed by atoms with van der Waals surface area (Å²) in [4.78, 5) is -0.0907. The van der Waals surface area contributed by atoms with Gasteiger partial charge in [0.15, 0.2) is 0 Å². The smallest absolute Gasteiger partial charge is 0.261 e. The number of hydrogen-bond donors (Lipinski definition) is 1. The van der Waals surface area contributed by atoms with Crippen LogP contribution in [0.15, 0.2) is 65.6 Å². The van der Waals surface area contributed by atoms with E-state index in [-0.39, 0.29) is 9.92 Å². The van der Waals surface area contributed by atoms with Crippen LogP contribution in [0.1, 0.15) is 0 Å². The lowest BCUT2D eigenvalue weighted by atomic mass is 10.1.